The van der Waals surface area contributed by atoms with Crippen LogP contribution in [0.2, 0.25) is 0 Å². The predicted molar refractivity (Wildman–Crippen MR) is 99.7 cm³/mol. The number of furan rings is 1. The smallest absolute Gasteiger partial charge is 0.225 e. The minimum Gasteiger partial charge on any atom is -0.469 e. The second-order valence-electron chi connectivity index (χ2n) is 6.84. The van der Waals surface area contributed by atoms with Crippen LogP contribution in [-0.2, 0) is 0 Å². The Labute approximate surface area is 152 Å². The van der Waals surface area contributed by atoms with Crippen LogP contribution in [0.4, 0.5) is 5.95 Å². The van der Waals surface area contributed by atoms with Crippen LogP contribution in [0.5, 0.6) is 0 Å². The van der Waals surface area contributed by atoms with Gasteiger partial charge in [0.25, 0.3) is 0 Å². The summed E-state index contributed by atoms with van der Waals surface area (Å²) in [4.78, 5) is 15.9. The zero-order valence-corrected chi connectivity index (χ0v) is 15.0. The number of rotatable bonds is 3. The summed E-state index contributed by atoms with van der Waals surface area (Å²) in [5, 5.41) is 9.99. The zero-order valence-electron chi connectivity index (χ0n) is 15.0. The van der Waals surface area contributed by atoms with Crippen molar-refractivity contribution in [3.63, 3.8) is 0 Å². The lowest BCUT2D eigenvalue weighted by molar-refractivity contribution is 0.0966. The maximum Gasteiger partial charge on any atom is 0.225 e. The van der Waals surface area contributed by atoms with Gasteiger partial charge >= 0.3 is 0 Å². The highest BCUT2D eigenvalue weighted by Gasteiger charge is 2.26. The predicted octanol–water partition coefficient (Wildman–Crippen LogP) is 3.31. The Morgan fingerprint density at radius 1 is 1.23 bits per heavy atom. The fraction of sp³-hybridized carbons (Fsp3) is 0.350. The van der Waals surface area contributed by atoms with E-state index in [4.69, 9.17) is 9.40 Å². The minimum absolute atomic E-state index is 0.199. The molecule has 1 fully saturated rings. The summed E-state index contributed by atoms with van der Waals surface area (Å²) >= 11 is 0. The molecule has 0 spiro atoms. The molecule has 1 aliphatic heterocycles. The van der Waals surface area contributed by atoms with E-state index >= 15 is 0 Å². The number of aliphatic hydroxyl groups excluding tert-OH is 1. The van der Waals surface area contributed by atoms with Crippen molar-refractivity contribution in [2.45, 2.75) is 26.4 Å². The second-order valence-corrected chi connectivity index (χ2v) is 6.84. The van der Waals surface area contributed by atoms with E-state index in [1.54, 1.807) is 12.5 Å². The molecule has 0 aliphatic carbocycles. The van der Waals surface area contributed by atoms with E-state index in [1.165, 1.54) is 0 Å². The van der Waals surface area contributed by atoms with Gasteiger partial charge in [-0.25, -0.2) is 9.97 Å². The molecule has 4 rings (SSSR count). The van der Waals surface area contributed by atoms with Gasteiger partial charge in [0.1, 0.15) is 5.76 Å². The summed E-state index contributed by atoms with van der Waals surface area (Å²) in [6.07, 6.45) is 7.58. The van der Waals surface area contributed by atoms with Crippen molar-refractivity contribution in [2.75, 3.05) is 18.0 Å². The molecule has 1 N–H and O–H groups in total. The molecule has 2 atom stereocenters. The van der Waals surface area contributed by atoms with Crippen LogP contribution in [0, 0.1) is 12.8 Å². The zero-order chi connectivity index (χ0) is 18.1. The van der Waals surface area contributed by atoms with Crippen molar-refractivity contribution in [2.24, 2.45) is 5.92 Å². The second kappa shape index (κ2) is 6.88. The van der Waals surface area contributed by atoms with E-state index in [-0.39, 0.29) is 12.0 Å². The standard InChI is InChI=1S/C20H22N4O2/c1-13-12-24(8-5-18(13)25)20-22-11-17(15-4-3-7-21-10-15)19(23-20)16-6-9-26-14(16)2/h3-4,6-7,9-11,13,18,25H,5,8,12H2,1-2H3. The number of aryl methyl sites for hydroxylation is 1. The van der Waals surface area contributed by atoms with Gasteiger partial charge < -0.3 is 14.4 Å². The average Bonchev–Trinajstić information content (AvgIpc) is 3.10. The molecule has 1 saturated heterocycles. The van der Waals surface area contributed by atoms with Crippen molar-refractivity contribution >= 4 is 5.95 Å². The van der Waals surface area contributed by atoms with Gasteiger partial charge in [0.05, 0.1) is 18.1 Å². The van der Waals surface area contributed by atoms with Crippen LogP contribution >= 0.6 is 0 Å². The molecular formula is C20H22N4O2. The first kappa shape index (κ1) is 16.7. The van der Waals surface area contributed by atoms with Crippen molar-refractivity contribution in [3.8, 4) is 22.4 Å². The Balaban J connectivity index is 1.79. The van der Waals surface area contributed by atoms with E-state index in [2.05, 4.69) is 21.8 Å². The molecule has 6 nitrogen and oxygen atoms in total. The molecule has 134 valence electrons. The molecular weight excluding hydrogens is 328 g/mol. The maximum absolute atomic E-state index is 9.99. The number of aromatic nitrogens is 3. The van der Waals surface area contributed by atoms with Gasteiger partial charge in [-0.2, -0.15) is 0 Å². The van der Waals surface area contributed by atoms with Gasteiger partial charge in [-0.3, -0.25) is 4.98 Å². The number of pyridine rings is 1. The molecule has 0 bridgehead atoms. The average molecular weight is 350 g/mol. The molecule has 4 heterocycles. The molecule has 3 aromatic heterocycles. The van der Waals surface area contributed by atoms with Crippen LogP contribution in [-0.4, -0.2) is 39.3 Å². The summed E-state index contributed by atoms with van der Waals surface area (Å²) in [6.45, 7) is 5.49. The molecule has 1 aliphatic rings. The Hall–Kier alpha value is -2.73. The summed E-state index contributed by atoms with van der Waals surface area (Å²) in [6, 6.07) is 5.84. The summed E-state index contributed by atoms with van der Waals surface area (Å²) in [7, 11) is 0. The fourth-order valence-electron chi connectivity index (χ4n) is 3.41. The molecule has 6 heteroatoms. The number of hydrogen-bond acceptors (Lipinski definition) is 6. The van der Waals surface area contributed by atoms with Crippen LogP contribution in [0.1, 0.15) is 19.1 Å². The SMILES string of the molecule is Cc1occc1-c1nc(N2CCC(O)C(C)C2)ncc1-c1cccnc1. The highest BCUT2D eigenvalue weighted by Crippen LogP contribution is 2.34. The number of anilines is 1. The highest BCUT2D eigenvalue weighted by atomic mass is 16.3. The molecule has 26 heavy (non-hydrogen) atoms. The minimum atomic E-state index is -0.253. The molecule has 0 amide bonds. The molecule has 3 aromatic rings. The van der Waals surface area contributed by atoms with Crippen LogP contribution in [0.15, 0.2) is 47.5 Å². The van der Waals surface area contributed by atoms with Gasteiger partial charge in [-0.15, -0.1) is 0 Å². The van der Waals surface area contributed by atoms with E-state index in [0.717, 1.165) is 47.7 Å². The largest absolute Gasteiger partial charge is 0.469 e. The number of aliphatic hydroxyl groups is 1. The lowest BCUT2D eigenvalue weighted by Gasteiger charge is -2.34. The third-order valence-electron chi connectivity index (χ3n) is 5.01. The summed E-state index contributed by atoms with van der Waals surface area (Å²) < 4.78 is 5.50. The normalized spacial score (nSPS) is 20.3. The molecule has 0 radical (unpaired) electrons. The van der Waals surface area contributed by atoms with Crippen molar-refractivity contribution in [1.29, 1.82) is 0 Å². The number of nitrogens with zero attached hydrogens (tertiary/aromatic N) is 4. The number of hydrogen-bond donors (Lipinski definition) is 1. The fourth-order valence-corrected chi connectivity index (χ4v) is 3.41. The number of piperidine rings is 1. The third-order valence-corrected chi connectivity index (χ3v) is 5.01. The van der Waals surface area contributed by atoms with Crippen molar-refractivity contribution in [1.82, 2.24) is 15.0 Å². The van der Waals surface area contributed by atoms with Gasteiger partial charge in [-0.05, 0) is 31.4 Å². The first-order chi connectivity index (χ1) is 12.6. The Morgan fingerprint density at radius 3 is 2.81 bits per heavy atom. The molecule has 0 saturated carbocycles. The molecule has 2 unspecified atom stereocenters. The lowest BCUT2D eigenvalue weighted by Crippen LogP contribution is -2.42. The first-order valence-electron chi connectivity index (χ1n) is 8.88. The van der Waals surface area contributed by atoms with E-state index in [1.807, 2.05) is 37.5 Å². The third kappa shape index (κ3) is 3.08. The topological polar surface area (TPSA) is 75.3 Å². The van der Waals surface area contributed by atoms with Crippen LogP contribution < -0.4 is 4.90 Å². The lowest BCUT2D eigenvalue weighted by atomic mass is 9.97. The van der Waals surface area contributed by atoms with Gasteiger partial charge in [-0.1, -0.05) is 13.0 Å². The quantitative estimate of drug-likeness (QED) is 0.781. The van der Waals surface area contributed by atoms with Crippen molar-refractivity contribution < 1.29 is 9.52 Å². The van der Waals surface area contributed by atoms with Gasteiger partial charge in [0, 0.05) is 48.4 Å². The van der Waals surface area contributed by atoms with Crippen LogP contribution in [0.25, 0.3) is 22.4 Å². The monoisotopic (exact) mass is 350 g/mol. The Kier molecular flexibility index (Phi) is 4.42. The summed E-state index contributed by atoms with van der Waals surface area (Å²) in [5.74, 6) is 1.71. The summed E-state index contributed by atoms with van der Waals surface area (Å²) in [5.41, 5.74) is 3.69. The van der Waals surface area contributed by atoms with Crippen molar-refractivity contribution in [3.05, 3.63) is 48.8 Å². The van der Waals surface area contributed by atoms with Gasteiger partial charge in [0.15, 0.2) is 0 Å². The maximum atomic E-state index is 9.99. The van der Waals surface area contributed by atoms with E-state index in [9.17, 15) is 5.11 Å². The van der Waals surface area contributed by atoms with Crippen LogP contribution in [0.3, 0.4) is 0 Å². The van der Waals surface area contributed by atoms with Gasteiger partial charge in [0.2, 0.25) is 5.95 Å². The Bertz CT molecular complexity index is 894. The highest BCUT2D eigenvalue weighted by molar-refractivity contribution is 5.81. The Morgan fingerprint density at radius 2 is 2.12 bits per heavy atom. The molecule has 0 aromatic carbocycles. The first-order valence-corrected chi connectivity index (χ1v) is 8.88. The van der Waals surface area contributed by atoms with E-state index < -0.39 is 0 Å². The van der Waals surface area contributed by atoms with E-state index in [0.29, 0.717) is 5.95 Å².